The van der Waals surface area contributed by atoms with Gasteiger partial charge in [0.2, 0.25) is 11.5 Å². The molecule has 1 N–H and O–H groups in total. The van der Waals surface area contributed by atoms with Crippen molar-refractivity contribution in [2.24, 2.45) is 4.99 Å². The average molecular weight is 737 g/mol. The Morgan fingerprint density at radius 3 is 2.32 bits per heavy atom. The number of benzene rings is 2. The van der Waals surface area contributed by atoms with Crippen LogP contribution in [0.25, 0.3) is 0 Å². The van der Waals surface area contributed by atoms with Gasteiger partial charge in [-0.15, -0.1) is 10.8 Å². The first-order valence-electron chi connectivity index (χ1n) is 16.0. The van der Waals surface area contributed by atoms with Crippen molar-refractivity contribution in [2.75, 3.05) is 38.8 Å². The summed E-state index contributed by atoms with van der Waals surface area (Å²) >= 11 is 2.60. The molecule has 0 saturated carbocycles. The second-order valence-electron chi connectivity index (χ2n) is 12.4. The quantitative estimate of drug-likeness (QED) is 0.0809. The highest BCUT2D eigenvalue weighted by atomic mass is 33.2. The summed E-state index contributed by atoms with van der Waals surface area (Å²) in [5, 5.41) is 12.0. The molecule has 2 radical (unpaired) electrons. The molecule has 2 fully saturated rings. The molecule has 16 heteroatoms. The molecule has 4 aliphatic heterocycles. The third kappa shape index (κ3) is 7.04. The topological polar surface area (TPSA) is 140 Å². The Kier molecular flexibility index (Phi) is 10.9. The number of aliphatic hydroxyl groups excluding tert-OH is 1. The molecule has 0 unspecified atom stereocenters. The van der Waals surface area contributed by atoms with Crippen LogP contribution in [0, 0.1) is 0 Å². The fourth-order valence-corrected chi connectivity index (χ4v) is 9.54. The maximum Gasteiger partial charge on any atom is 0.416 e. The fraction of sp³-hybridized carbons (Fsp3) is 0.412. The SMILES string of the molecule is C=C1C[C@H]2C=Nc3cc(OOc4cc5c(cc4OC)C(=O)N4CC(=C)C[C@H]4[C@H](O)N5C(=O)OCCC[C@@H](C)S[S][Al])c(OC)cc3C(=O)N2C1. The van der Waals surface area contributed by atoms with E-state index in [1.54, 1.807) is 37.1 Å². The van der Waals surface area contributed by atoms with Gasteiger partial charge in [0.05, 0.1) is 55.4 Å². The van der Waals surface area contributed by atoms with Gasteiger partial charge in [0.15, 0.2) is 17.7 Å². The highest BCUT2D eigenvalue weighted by molar-refractivity contribution is 8.84. The number of carbonyl (C=O) groups excluding carboxylic acids is 3. The minimum atomic E-state index is -1.44. The molecule has 0 aliphatic carbocycles. The average Bonchev–Trinajstić information content (AvgIpc) is 3.64. The van der Waals surface area contributed by atoms with E-state index in [1.807, 2.05) is 0 Å². The molecule has 2 aromatic rings. The van der Waals surface area contributed by atoms with Crippen LogP contribution in [0.1, 0.15) is 53.3 Å². The van der Waals surface area contributed by atoms with Crippen molar-refractivity contribution in [3.63, 3.8) is 0 Å². The van der Waals surface area contributed by atoms with Crippen LogP contribution in [0.2, 0.25) is 0 Å². The van der Waals surface area contributed by atoms with E-state index in [4.69, 9.17) is 24.0 Å². The molecule has 0 aromatic heterocycles. The van der Waals surface area contributed by atoms with Gasteiger partial charge in [-0.1, -0.05) is 31.2 Å². The third-order valence-corrected chi connectivity index (χ3v) is 12.0. The van der Waals surface area contributed by atoms with Gasteiger partial charge in [-0.05, 0) is 37.8 Å². The van der Waals surface area contributed by atoms with Crippen LogP contribution in [0.3, 0.4) is 0 Å². The van der Waals surface area contributed by atoms with Crippen LogP contribution < -0.4 is 24.1 Å². The minimum Gasteiger partial charge on any atom is -0.493 e. The van der Waals surface area contributed by atoms with Gasteiger partial charge in [-0.25, -0.2) is 18.9 Å². The van der Waals surface area contributed by atoms with Crippen LogP contribution >= 0.6 is 20.0 Å². The fourth-order valence-electron chi connectivity index (χ4n) is 6.53. The molecule has 262 valence electrons. The number of anilines is 1. The normalized spacial score (nSPS) is 21.5. The molecule has 4 atom stereocenters. The van der Waals surface area contributed by atoms with Crippen LogP contribution in [-0.4, -0.2) is 112 Å². The number of fused-ring (bicyclic) bond motifs is 4. The van der Waals surface area contributed by atoms with E-state index in [2.05, 4.69) is 40.2 Å². The summed E-state index contributed by atoms with van der Waals surface area (Å²) in [5.74, 6) is -0.184. The number of carbonyl (C=O) groups is 3. The molecule has 50 heavy (non-hydrogen) atoms. The smallest absolute Gasteiger partial charge is 0.416 e. The van der Waals surface area contributed by atoms with Crippen molar-refractivity contribution >= 4 is 70.6 Å². The van der Waals surface area contributed by atoms with E-state index in [0.29, 0.717) is 42.3 Å². The van der Waals surface area contributed by atoms with Gasteiger partial charge in [-0.2, -0.15) is 0 Å². The summed E-state index contributed by atoms with van der Waals surface area (Å²) in [6.07, 6.45) is 1.84. The van der Waals surface area contributed by atoms with Crippen LogP contribution in [-0.2, 0) is 4.74 Å². The summed E-state index contributed by atoms with van der Waals surface area (Å²) in [6, 6.07) is 4.97. The second kappa shape index (κ2) is 15.2. The van der Waals surface area contributed by atoms with Crippen LogP contribution in [0.4, 0.5) is 16.2 Å². The zero-order chi connectivity index (χ0) is 35.7. The maximum atomic E-state index is 13.9. The van der Waals surface area contributed by atoms with E-state index in [0.717, 1.165) is 22.5 Å². The van der Waals surface area contributed by atoms with Gasteiger partial charge in [0, 0.05) is 36.7 Å². The van der Waals surface area contributed by atoms with Gasteiger partial charge in [0.25, 0.3) is 27.0 Å². The van der Waals surface area contributed by atoms with Gasteiger partial charge in [0.1, 0.15) is 0 Å². The van der Waals surface area contributed by atoms with Crippen molar-refractivity contribution in [2.45, 2.75) is 56.2 Å². The first-order valence-corrected chi connectivity index (χ1v) is 19.7. The highest BCUT2D eigenvalue weighted by Gasteiger charge is 2.46. The number of methoxy groups -OCH3 is 2. The maximum absolute atomic E-state index is 13.9. The van der Waals surface area contributed by atoms with Crippen molar-refractivity contribution < 1.29 is 43.5 Å². The van der Waals surface area contributed by atoms with Gasteiger partial charge >= 0.3 is 6.09 Å². The Balaban J connectivity index is 1.31. The standard InChI is InChI=1S/C34H38N4O9S2.Al/c1-18-9-21-15-35-24-13-29(27(43-4)11-22(24)31(39)36(21)16-18)46-47-30-14-25-23(12-28(30)44-5)32(40)37-17-19(2)10-26(37)33(41)38(25)34(42)45-8-6-7-20(3)49-48;/h11-15,20-21,26,33,41,48H,1-2,6-10,16-17H2,3-5H3;/q;+1/p-1/t20-,21+,26+,33+;/m1./s1. The zero-order valence-electron chi connectivity index (χ0n) is 28.0. The highest BCUT2D eigenvalue weighted by Crippen LogP contribution is 2.43. The lowest BCUT2D eigenvalue weighted by molar-refractivity contribution is -0.103. The van der Waals surface area contributed by atoms with Gasteiger partial charge in [-0.3, -0.25) is 24.4 Å². The van der Waals surface area contributed by atoms with Crippen molar-refractivity contribution in [3.05, 3.63) is 59.7 Å². The molecule has 2 aromatic carbocycles. The minimum absolute atomic E-state index is 0.00738. The van der Waals surface area contributed by atoms with Crippen LogP contribution in [0.5, 0.6) is 23.0 Å². The monoisotopic (exact) mass is 736 g/mol. The van der Waals surface area contributed by atoms with Crippen molar-refractivity contribution in [3.8, 4) is 23.0 Å². The molecule has 13 nitrogen and oxygen atoms in total. The zero-order valence-corrected chi connectivity index (χ0v) is 30.7. The van der Waals surface area contributed by atoms with Crippen LogP contribution in [0.15, 0.2) is 53.6 Å². The first-order chi connectivity index (χ1) is 24.0. The molecule has 4 heterocycles. The van der Waals surface area contributed by atoms with Crippen molar-refractivity contribution in [1.82, 2.24) is 9.80 Å². The summed E-state index contributed by atoms with van der Waals surface area (Å²) in [6.45, 7) is 10.9. The molecule has 3 amide bonds. The number of aliphatic hydroxyl groups is 1. The number of hydrogen-bond donors (Lipinski definition) is 1. The van der Waals surface area contributed by atoms with E-state index >= 15 is 0 Å². The number of nitrogens with zero attached hydrogens (tertiary/aromatic N) is 4. The number of rotatable bonds is 11. The van der Waals surface area contributed by atoms with E-state index in [9.17, 15) is 19.5 Å². The summed E-state index contributed by atoms with van der Waals surface area (Å²) in [4.78, 5) is 61.4. The Morgan fingerprint density at radius 1 is 0.980 bits per heavy atom. The van der Waals surface area contributed by atoms with E-state index in [-0.39, 0.29) is 59.3 Å². The lowest BCUT2D eigenvalue weighted by Gasteiger charge is -2.31. The molecular formula is C34H37AlN4O9S2. The molecule has 4 aliphatic rings. The summed E-state index contributed by atoms with van der Waals surface area (Å²) < 4.78 is 16.8. The largest absolute Gasteiger partial charge is 0.493 e. The van der Waals surface area contributed by atoms with Crippen molar-refractivity contribution in [1.29, 1.82) is 0 Å². The predicted molar refractivity (Wildman–Crippen MR) is 192 cm³/mol. The summed E-state index contributed by atoms with van der Waals surface area (Å²) in [5.41, 5.74) is 2.57. The predicted octanol–water partition coefficient (Wildman–Crippen LogP) is 5.24. The molecule has 6 rings (SSSR count). The Labute approximate surface area is 305 Å². The molecule has 2 saturated heterocycles. The number of ether oxygens (including phenoxy) is 3. The lowest BCUT2D eigenvalue weighted by Crippen LogP contribution is -2.51. The summed E-state index contributed by atoms with van der Waals surface area (Å²) in [7, 11) is 6.14. The Hall–Kier alpha value is -3.81. The first kappa shape index (κ1) is 36.0. The number of aliphatic imine (C=N–C) groups is 1. The lowest BCUT2D eigenvalue weighted by atomic mass is 10.1. The van der Waals surface area contributed by atoms with E-state index < -0.39 is 24.3 Å². The number of amides is 3. The Bertz CT molecular complexity index is 1760. The third-order valence-electron chi connectivity index (χ3n) is 9.00. The molecular weight excluding hydrogens is 700 g/mol. The van der Waals surface area contributed by atoms with Gasteiger partial charge < -0.3 is 29.1 Å². The second-order valence-corrected chi connectivity index (χ2v) is 16.5. The van der Waals surface area contributed by atoms with E-state index in [1.165, 1.54) is 37.3 Å². The molecule has 0 bridgehead atoms. The molecule has 0 spiro atoms. The number of hydrogen-bond acceptors (Lipinski definition) is 12. The Morgan fingerprint density at radius 2 is 1.62 bits per heavy atom.